The van der Waals surface area contributed by atoms with E-state index in [9.17, 15) is 5.26 Å². The standard InChI is InChI=1S/C18H17N3S2/c1-12-8-13(2)21-18-16(12)17(15(9-19)23-18)20-11-22-10-14-6-4-3-5-7-14/h3-8,20H,10-11H2,1-2H3. The molecule has 0 aliphatic rings. The Balaban J connectivity index is 1.76. The van der Waals surface area contributed by atoms with Crippen molar-refractivity contribution < 1.29 is 0 Å². The van der Waals surface area contributed by atoms with E-state index in [1.807, 2.05) is 13.0 Å². The fraction of sp³-hybridized carbons (Fsp3) is 0.222. The van der Waals surface area contributed by atoms with Gasteiger partial charge in [0, 0.05) is 16.8 Å². The van der Waals surface area contributed by atoms with Crippen LogP contribution in [0.25, 0.3) is 10.2 Å². The Labute approximate surface area is 144 Å². The number of anilines is 1. The third kappa shape index (κ3) is 3.49. The van der Waals surface area contributed by atoms with Crippen LogP contribution in [0.1, 0.15) is 21.7 Å². The number of pyridine rings is 1. The third-order valence-corrected chi connectivity index (χ3v) is 5.43. The molecule has 0 radical (unpaired) electrons. The molecule has 1 aromatic carbocycles. The number of hydrogen-bond donors (Lipinski definition) is 1. The largest absolute Gasteiger partial charge is 0.374 e. The molecular weight excluding hydrogens is 322 g/mol. The number of nitriles is 1. The van der Waals surface area contributed by atoms with Crippen LogP contribution in [0.2, 0.25) is 0 Å². The molecule has 3 rings (SSSR count). The lowest BCUT2D eigenvalue weighted by molar-refractivity contribution is 1.25. The van der Waals surface area contributed by atoms with E-state index in [0.29, 0.717) is 4.88 Å². The highest BCUT2D eigenvalue weighted by atomic mass is 32.2. The Morgan fingerprint density at radius 2 is 2.04 bits per heavy atom. The molecule has 1 N–H and O–H groups in total. The van der Waals surface area contributed by atoms with Crippen molar-refractivity contribution in [3.05, 3.63) is 58.1 Å². The maximum Gasteiger partial charge on any atom is 0.130 e. The lowest BCUT2D eigenvalue weighted by Gasteiger charge is -2.07. The van der Waals surface area contributed by atoms with Crippen molar-refractivity contribution in [1.29, 1.82) is 5.26 Å². The number of rotatable bonds is 5. The van der Waals surface area contributed by atoms with Gasteiger partial charge < -0.3 is 5.32 Å². The lowest BCUT2D eigenvalue weighted by Crippen LogP contribution is -1.99. The van der Waals surface area contributed by atoms with Crippen LogP contribution >= 0.6 is 23.1 Å². The van der Waals surface area contributed by atoms with E-state index in [1.165, 1.54) is 22.5 Å². The van der Waals surface area contributed by atoms with Crippen molar-refractivity contribution in [1.82, 2.24) is 4.98 Å². The molecule has 0 saturated carbocycles. The van der Waals surface area contributed by atoms with Crippen LogP contribution in [0.15, 0.2) is 36.4 Å². The minimum Gasteiger partial charge on any atom is -0.374 e. The zero-order chi connectivity index (χ0) is 16.2. The molecule has 0 spiro atoms. The van der Waals surface area contributed by atoms with Crippen molar-refractivity contribution in [3.8, 4) is 6.07 Å². The number of thiophene rings is 1. The maximum atomic E-state index is 9.40. The molecule has 0 unspecified atom stereocenters. The molecule has 0 bridgehead atoms. The molecular formula is C18H17N3S2. The molecule has 3 aromatic rings. The van der Waals surface area contributed by atoms with Gasteiger partial charge in [0.15, 0.2) is 0 Å². The smallest absolute Gasteiger partial charge is 0.130 e. The first kappa shape index (κ1) is 15.9. The van der Waals surface area contributed by atoms with E-state index in [1.54, 1.807) is 11.8 Å². The van der Waals surface area contributed by atoms with Gasteiger partial charge in [0.2, 0.25) is 0 Å². The first-order valence-corrected chi connectivity index (χ1v) is 9.32. The van der Waals surface area contributed by atoms with E-state index in [4.69, 9.17) is 0 Å². The quantitative estimate of drug-likeness (QED) is 0.520. The normalized spacial score (nSPS) is 10.7. The van der Waals surface area contributed by atoms with Crippen molar-refractivity contribution in [2.45, 2.75) is 19.6 Å². The predicted octanol–water partition coefficient (Wildman–Crippen LogP) is 5.09. The number of aromatic nitrogens is 1. The summed E-state index contributed by atoms with van der Waals surface area (Å²) in [5.74, 6) is 1.72. The molecule has 0 atom stereocenters. The predicted molar refractivity (Wildman–Crippen MR) is 100 cm³/mol. The van der Waals surface area contributed by atoms with Crippen molar-refractivity contribution in [2.75, 3.05) is 11.2 Å². The number of nitrogens with one attached hydrogen (secondary N) is 1. The van der Waals surface area contributed by atoms with Gasteiger partial charge in [-0.2, -0.15) is 5.26 Å². The summed E-state index contributed by atoms with van der Waals surface area (Å²) in [6.45, 7) is 4.06. The summed E-state index contributed by atoms with van der Waals surface area (Å²) < 4.78 is 0. The third-order valence-electron chi connectivity index (χ3n) is 3.55. The van der Waals surface area contributed by atoms with E-state index in [2.05, 4.69) is 53.6 Å². The maximum absolute atomic E-state index is 9.40. The Kier molecular flexibility index (Phi) is 4.85. The number of hydrogen-bond acceptors (Lipinski definition) is 5. The molecule has 0 amide bonds. The van der Waals surface area contributed by atoms with Gasteiger partial charge in [-0.25, -0.2) is 4.98 Å². The molecule has 2 heterocycles. The van der Waals surface area contributed by atoms with Crippen molar-refractivity contribution in [2.24, 2.45) is 0 Å². The highest BCUT2D eigenvalue weighted by Gasteiger charge is 2.15. The first-order chi connectivity index (χ1) is 11.2. The molecule has 0 aliphatic heterocycles. The summed E-state index contributed by atoms with van der Waals surface area (Å²) in [4.78, 5) is 6.21. The van der Waals surface area contributed by atoms with Crippen LogP contribution in [0.5, 0.6) is 0 Å². The first-order valence-electron chi connectivity index (χ1n) is 7.35. The summed E-state index contributed by atoms with van der Waals surface area (Å²) >= 11 is 3.27. The van der Waals surface area contributed by atoms with E-state index in [0.717, 1.165) is 33.2 Å². The van der Waals surface area contributed by atoms with Gasteiger partial charge in [0.25, 0.3) is 0 Å². The molecule has 0 fully saturated rings. The monoisotopic (exact) mass is 339 g/mol. The van der Waals surface area contributed by atoms with Gasteiger partial charge in [-0.05, 0) is 31.0 Å². The molecule has 116 valence electrons. The molecule has 2 aromatic heterocycles. The Morgan fingerprint density at radius 1 is 1.26 bits per heavy atom. The number of benzene rings is 1. The average Bonchev–Trinajstić information content (AvgIpc) is 2.90. The summed E-state index contributed by atoms with van der Waals surface area (Å²) in [7, 11) is 0. The Hall–Kier alpha value is -2.03. The van der Waals surface area contributed by atoms with Gasteiger partial charge in [0.05, 0.1) is 11.6 Å². The number of fused-ring (bicyclic) bond motifs is 1. The van der Waals surface area contributed by atoms with E-state index >= 15 is 0 Å². The zero-order valence-corrected chi connectivity index (χ0v) is 14.7. The molecule has 3 nitrogen and oxygen atoms in total. The summed E-state index contributed by atoms with van der Waals surface area (Å²) in [5, 5.41) is 13.9. The topological polar surface area (TPSA) is 48.7 Å². The van der Waals surface area contributed by atoms with Crippen LogP contribution < -0.4 is 5.32 Å². The minimum atomic E-state index is 0.710. The second kappa shape index (κ2) is 7.03. The fourth-order valence-electron chi connectivity index (χ4n) is 2.56. The van der Waals surface area contributed by atoms with Crippen LogP contribution in [0, 0.1) is 25.2 Å². The minimum absolute atomic E-state index is 0.710. The van der Waals surface area contributed by atoms with Crippen molar-refractivity contribution in [3.63, 3.8) is 0 Å². The average molecular weight is 339 g/mol. The molecule has 23 heavy (non-hydrogen) atoms. The molecule has 0 aliphatic carbocycles. The number of nitrogens with zero attached hydrogens (tertiary/aromatic N) is 2. The van der Waals surface area contributed by atoms with Crippen LogP contribution in [-0.2, 0) is 5.75 Å². The summed E-state index contributed by atoms with van der Waals surface area (Å²) in [6, 6.07) is 14.8. The Morgan fingerprint density at radius 3 is 2.78 bits per heavy atom. The SMILES string of the molecule is Cc1cc(C)c2c(NCSCc3ccccc3)c(C#N)sc2n1. The molecule has 5 heteroatoms. The highest BCUT2D eigenvalue weighted by Crippen LogP contribution is 2.37. The van der Waals surface area contributed by atoms with Crippen LogP contribution in [0.3, 0.4) is 0 Å². The fourth-order valence-corrected chi connectivity index (χ4v) is 4.40. The van der Waals surface area contributed by atoms with E-state index in [-0.39, 0.29) is 0 Å². The second-order valence-corrected chi connectivity index (χ2v) is 7.32. The van der Waals surface area contributed by atoms with Gasteiger partial charge in [-0.1, -0.05) is 30.3 Å². The zero-order valence-electron chi connectivity index (χ0n) is 13.1. The lowest BCUT2D eigenvalue weighted by atomic mass is 10.1. The van der Waals surface area contributed by atoms with E-state index < -0.39 is 0 Å². The highest BCUT2D eigenvalue weighted by molar-refractivity contribution is 7.98. The summed E-state index contributed by atoms with van der Waals surface area (Å²) in [5.41, 5.74) is 4.40. The molecule has 0 saturated heterocycles. The Bertz CT molecular complexity index is 863. The number of aryl methyl sites for hydroxylation is 2. The summed E-state index contributed by atoms with van der Waals surface area (Å²) in [6.07, 6.45) is 0. The van der Waals surface area contributed by atoms with Gasteiger partial charge in [-0.3, -0.25) is 0 Å². The number of thioether (sulfide) groups is 1. The van der Waals surface area contributed by atoms with Gasteiger partial charge >= 0.3 is 0 Å². The van der Waals surface area contributed by atoms with Crippen LogP contribution in [0.4, 0.5) is 5.69 Å². The van der Waals surface area contributed by atoms with Crippen molar-refractivity contribution >= 4 is 39.0 Å². The van der Waals surface area contributed by atoms with Crippen LogP contribution in [-0.4, -0.2) is 10.9 Å². The van der Waals surface area contributed by atoms with Gasteiger partial charge in [-0.15, -0.1) is 23.1 Å². The van der Waals surface area contributed by atoms with Gasteiger partial charge in [0.1, 0.15) is 15.8 Å². The second-order valence-electron chi connectivity index (χ2n) is 5.33.